The maximum Gasteiger partial charge on any atom is 0.170 e. The lowest BCUT2D eigenvalue weighted by molar-refractivity contribution is 0.112. The first-order valence-electron chi connectivity index (χ1n) is 3.74. The highest BCUT2D eigenvalue weighted by Gasteiger charge is 2.05. The number of methoxy groups -OCH3 is 1. The van der Waals surface area contributed by atoms with E-state index < -0.39 is 0 Å². The SMILES string of the molecule is COc1ccc2snc(C=O)c2c1. The number of benzene rings is 1. The van der Waals surface area contributed by atoms with Crippen molar-refractivity contribution in [2.24, 2.45) is 0 Å². The van der Waals surface area contributed by atoms with Crippen LogP contribution in [0.1, 0.15) is 10.5 Å². The van der Waals surface area contributed by atoms with E-state index in [1.807, 2.05) is 18.2 Å². The molecule has 0 spiro atoms. The molecule has 66 valence electrons. The minimum atomic E-state index is 0.485. The summed E-state index contributed by atoms with van der Waals surface area (Å²) >= 11 is 1.32. The van der Waals surface area contributed by atoms with Crippen LogP contribution in [0.2, 0.25) is 0 Å². The highest BCUT2D eigenvalue weighted by atomic mass is 32.1. The molecule has 2 rings (SSSR count). The second-order valence-electron chi connectivity index (χ2n) is 2.55. The van der Waals surface area contributed by atoms with Crippen LogP contribution in [0.4, 0.5) is 0 Å². The largest absolute Gasteiger partial charge is 0.497 e. The fraction of sp³-hybridized carbons (Fsp3) is 0.111. The lowest BCUT2D eigenvalue weighted by atomic mass is 10.2. The van der Waals surface area contributed by atoms with Crippen molar-refractivity contribution >= 4 is 27.9 Å². The van der Waals surface area contributed by atoms with Crippen LogP contribution in [0, 0.1) is 0 Å². The summed E-state index contributed by atoms with van der Waals surface area (Å²) in [5.74, 6) is 0.746. The summed E-state index contributed by atoms with van der Waals surface area (Å²) < 4.78 is 10.1. The second kappa shape index (κ2) is 3.14. The molecule has 0 aliphatic rings. The number of carbonyl (C=O) groups is 1. The first-order valence-corrected chi connectivity index (χ1v) is 4.51. The van der Waals surface area contributed by atoms with Crippen LogP contribution in [0.3, 0.4) is 0 Å². The monoisotopic (exact) mass is 193 g/mol. The van der Waals surface area contributed by atoms with Gasteiger partial charge in [-0.1, -0.05) is 0 Å². The first kappa shape index (κ1) is 8.19. The molecule has 0 saturated carbocycles. The number of rotatable bonds is 2. The summed E-state index contributed by atoms with van der Waals surface area (Å²) in [6, 6.07) is 5.58. The Kier molecular flexibility index (Phi) is 1.98. The molecule has 3 nitrogen and oxygen atoms in total. The molecule has 0 aliphatic carbocycles. The molecule has 1 heterocycles. The Morgan fingerprint density at radius 3 is 3.08 bits per heavy atom. The van der Waals surface area contributed by atoms with Crippen molar-refractivity contribution in [3.8, 4) is 5.75 Å². The average Bonchev–Trinajstić information content (AvgIpc) is 2.59. The quantitative estimate of drug-likeness (QED) is 0.686. The van der Waals surface area contributed by atoms with Gasteiger partial charge in [0.2, 0.25) is 0 Å². The van der Waals surface area contributed by atoms with Crippen LogP contribution in [0.15, 0.2) is 18.2 Å². The van der Waals surface area contributed by atoms with Crippen molar-refractivity contribution < 1.29 is 9.53 Å². The van der Waals surface area contributed by atoms with E-state index in [0.717, 1.165) is 22.1 Å². The van der Waals surface area contributed by atoms with E-state index >= 15 is 0 Å². The van der Waals surface area contributed by atoms with Gasteiger partial charge in [-0.05, 0) is 29.7 Å². The molecule has 0 radical (unpaired) electrons. The Morgan fingerprint density at radius 2 is 2.38 bits per heavy atom. The molecule has 13 heavy (non-hydrogen) atoms. The number of hydrogen-bond donors (Lipinski definition) is 0. The van der Waals surface area contributed by atoms with Gasteiger partial charge in [0, 0.05) is 5.39 Å². The summed E-state index contributed by atoms with van der Waals surface area (Å²) in [7, 11) is 1.60. The lowest BCUT2D eigenvalue weighted by Crippen LogP contribution is -1.82. The molecule has 0 N–H and O–H groups in total. The molecule has 0 atom stereocenters. The third kappa shape index (κ3) is 1.29. The van der Waals surface area contributed by atoms with Crippen LogP contribution in [-0.2, 0) is 0 Å². The summed E-state index contributed by atoms with van der Waals surface area (Å²) in [6.07, 6.45) is 0.762. The summed E-state index contributed by atoms with van der Waals surface area (Å²) in [4.78, 5) is 10.6. The molecule has 0 amide bonds. The van der Waals surface area contributed by atoms with E-state index in [-0.39, 0.29) is 0 Å². The van der Waals surface area contributed by atoms with E-state index in [1.54, 1.807) is 7.11 Å². The van der Waals surface area contributed by atoms with Crippen molar-refractivity contribution in [3.05, 3.63) is 23.9 Å². The van der Waals surface area contributed by atoms with E-state index in [1.165, 1.54) is 11.5 Å². The summed E-state index contributed by atoms with van der Waals surface area (Å²) in [6.45, 7) is 0. The first-order chi connectivity index (χ1) is 6.35. The number of ether oxygens (including phenoxy) is 1. The molecule has 0 bridgehead atoms. The zero-order valence-corrected chi connectivity index (χ0v) is 7.80. The van der Waals surface area contributed by atoms with Gasteiger partial charge >= 0.3 is 0 Å². The number of hydrogen-bond acceptors (Lipinski definition) is 4. The van der Waals surface area contributed by atoms with Crippen LogP contribution in [0.5, 0.6) is 5.75 Å². The smallest absolute Gasteiger partial charge is 0.170 e. The van der Waals surface area contributed by atoms with Crippen molar-refractivity contribution in [2.45, 2.75) is 0 Å². The molecule has 1 aromatic carbocycles. The Labute approximate surface area is 79.1 Å². The summed E-state index contributed by atoms with van der Waals surface area (Å²) in [5.41, 5.74) is 0.485. The Hall–Kier alpha value is -1.42. The van der Waals surface area contributed by atoms with Gasteiger partial charge in [-0.15, -0.1) is 0 Å². The molecular formula is C9H7NO2S. The molecule has 0 fully saturated rings. The number of carbonyl (C=O) groups excluding carboxylic acids is 1. The summed E-state index contributed by atoms with van der Waals surface area (Å²) in [5, 5.41) is 0.861. The number of nitrogens with zero attached hydrogens (tertiary/aromatic N) is 1. The van der Waals surface area contributed by atoms with Gasteiger partial charge in [-0.2, -0.15) is 4.37 Å². The molecule has 2 aromatic rings. The minimum Gasteiger partial charge on any atom is -0.497 e. The zero-order valence-electron chi connectivity index (χ0n) is 6.98. The van der Waals surface area contributed by atoms with Gasteiger partial charge in [-0.3, -0.25) is 4.79 Å². The van der Waals surface area contributed by atoms with Crippen molar-refractivity contribution in [2.75, 3.05) is 7.11 Å². The number of fused-ring (bicyclic) bond motifs is 1. The van der Waals surface area contributed by atoms with Crippen molar-refractivity contribution in [1.82, 2.24) is 4.37 Å². The van der Waals surface area contributed by atoms with Gasteiger partial charge < -0.3 is 4.74 Å². The van der Waals surface area contributed by atoms with Gasteiger partial charge in [0.05, 0.1) is 11.8 Å². The third-order valence-electron chi connectivity index (χ3n) is 1.82. The normalized spacial score (nSPS) is 10.2. The zero-order chi connectivity index (χ0) is 9.26. The highest BCUT2D eigenvalue weighted by Crippen LogP contribution is 2.25. The van der Waals surface area contributed by atoms with E-state index in [0.29, 0.717) is 5.69 Å². The Bertz CT molecular complexity index is 450. The predicted molar refractivity (Wildman–Crippen MR) is 51.6 cm³/mol. The molecule has 4 heteroatoms. The molecule has 1 aromatic heterocycles. The molecule has 0 unspecified atom stereocenters. The van der Waals surface area contributed by atoms with E-state index in [9.17, 15) is 4.79 Å². The minimum absolute atomic E-state index is 0.485. The van der Waals surface area contributed by atoms with E-state index in [2.05, 4.69) is 4.37 Å². The maximum atomic E-state index is 10.6. The average molecular weight is 193 g/mol. The van der Waals surface area contributed by atoms with E-state index in [4.69, 9.17) is 4.74 Å². The van der Waals surface area contributed by atoms with Crippen molar-refractivity contribution in [3.63, 3.8) is 0 Å². The Morgan fingerprint density at radius 1 is 1.54 bits per heavy atom. The molecule has 0 aliphatic heterocycles. The highest BCUT2D eigenvalue weighted by molar-refractivity contribution is 7.13. The third-order valence-corrected chi connectivity index (χ3v) is 2.66. The predicted octanol–water partition coefficient (Wildman–Crippen LogP) is 2.12. The van der Waals surface area contributed by atoms with Crippen molar-refractivity contribution in [1.29, 1.82) is 0 Å². The molecule has 0 saturated heterocycles. The number of aromatic nitrogens is 1. The van der Waals surface area contributed by atoms with Crippen LogP contribution >= 0.6 is 11.5 Å². The van der Waals surface area contributed by atoms with Crippen LogP contribution in [-0.4, -0.2) is 17.8 Å². The lowest BCUT2D eigenvalue weighted by Gasteiger charge is -1.97. The van der Waals surface area contributed by atoms with Gasteiger partial charge in [-0.25, -0.2) is 0 Å². The second-order valence-corrected chi connectivity index (χ2v) is 3.35. The van der Waals surface area contributed by atoms with Gasteiger partial charge in [0.25, 0.3) is 0 Å². The van der Waals surface area contributed by atoms with Gasteiger partial charge in [0.1, 0.15) is 11.4 Å². The fourth-order valence-electron chi connectivity index (χ4n) is 1.15. The van der Waals surface area contributed by atoms with Crippen LogP contribution in [0.25, 0.3) is 10.1 Å². The Balaban J connectivity index is 2.71. The maximum absolute atomic E-state index is 10.6. The van der Waals surface area contributed by atoms with Gasteiger partial charge in [0.15, 0.2) is 6.29 Å². The standard InChI is InChI=1S/C9H7NO2S/c1-12-6-2-3-9-7(4-6)8(5-11)10-13-9/h2-5H,1H3. The fourth-order valence-corrected chi connectivity index (χ4v) is 1.88. The van der Waals surface area contributed by atoms with Crippen LogP contribution < -0.4 is 4.74 Å². The molecular weight excluding hydrogens is 186 g/mol. The number of aldehydes is 1. The topological polar surface area (TPSA) is 39.2 Å².